The Morgan fingerprint density at radius 3 is 2.43 bits per heavy atom. The Morgan fingerprint density at radius 1 is 0.971 bits per heavy atom. The number of ether oxygens (including phenoxy) is 1. The van der Waals surface area contributed by atoms with E-state index in [2.05, 4.69) is 15.5 Å². The highest BCUT2D eigenvalue weighted by molar-refractivity contribution is 6.30. The highest BCUT2D eigenvalue weighted by Gasteiger charge is 2.24. The van der Waals surface area contributed by atoms with Crippen molar-refractivity contribution in [3.05, 3.63) is 89.2 Å². The number of amides is 1. The third-order valence-corrected chi connectivity index (χ3v) is 6.69. The van der Waals surface area contributed by atoms with Crippen LogP contribution in [0.25, 0.3) is 16.9 Å². The molecular formula is C28H29ClN4O2. The van der Waals surface area contributed by atoms with Crippen LogP contribution in [0.15, 0.2) is 72.9 Å². The molecule has 0 bridgehead atoms. The minimum atomic E-state index is 0.172. The van der Waals surface area contributed by atoms with Crippen LogP contribution >= 0.6 is 11.6 Å². The number of carbonyl (C=O) groups excluding carboxylic acids is 1. The first-order valence-electron chi connectivity index (χ1n) is 12.0. The minimum absolute atomic E-state index is 0.172. The molecule has 180 valence electrons. The van der Waals surface area contributed by atoms with Crippen molar-refractivity contribution >= 4 is 23.2 Å². The fourth-order valence-corrected chi connectivity index (χ4v) is 4.69. The van der Waals surface area contributed by atoms with Gasteiger partial charge in [0.05, 0.1) is 24.4 Å². The molecule has 0 radical (unpaired) electrons. The minimum Gasteiger partial charge on any atom is -0.494 e. The van der Waals surface area contributed by atoms with Gasteiger partial charge in [-0.2, -0.15) is 0 Å². The van der Waals surface area contributed by atoms with E-state index in [1.54, 1.807) is 0 Å². The number of piperazine rings is 1. The molecule has 3 heterocycles. The molecule has 5 rings (SSSR count). The van der Waals surface area contributed by atoms with Crippen molar-refractivity contribution in [1.82, 2.24) is 19.2 Å². The summed E-state index contributed by atoms with van der Waals surface area (Å²) in [6, 6.07) is 21.7. The number of hydrogen-bond acceptors (Lipinski definition) is 4. The van der Waals surface area contributed by atoms with Crippen LogP contribution < -0.4 is 4.74 Å². The second-order valence-electron chi connectivity index (χ2n) is 8.75. The molecule has 0 saturated carbocycles. The fourth-order valence-electron chi connectivity index (χ4n) is 4.56. The smallest absolute Gasteiger partial charge is 0.227 e. The Hall–Kier alpha value is -3.35. The van der Waals surface area contributed by atoms with E-state index in [1.807, 2.05) is 78.6 Å². The van der Waals surface area contributed by atoms with E-state index in [0.29, 0.717) is 18.1 Å². The Kier molecular flexibility index (Phi) is 7.02. The molecule has 4 aromatic rings. The van der Waals surface area contributed by atoms with Gasteiger partial charge in [-0.1, -0.05) is 41.9 Å². The zero-order valence-corrected chi connectivity index (χ0v) is 20.6. The fraction of sp³-hybridized carbons (Fsp3) is 0.286. The summed E-state index contributed by atoms with van der Waals surface area (Å²) in [5.74, 6) is 1.01. The number of benzene rings is 2. The standard InChI is InChI=1S/C28H29ClN4O2/c1-2-35-24-12-6-21(7-13-24)19-27(34)32-17-15-31(16-18-32)20-25-28(22-8-10-23(29)11-9-22)30-26-5-3-4-14-33(25)26/h3-14H,2,15-20H2,1H3. The van der Waals surface area contributed by atoms with Crippen molar-refractivity contribution in [1.29, 1.82) is 0 Å². The van der Waals surface area contributed by atoms with Gasteiger partial charge >= 0.3 is 0 Å². The average Bonchev–Trinajstić information content (AvgIpc) is 3.24. The van der Waals surface area contributed by atoms with Crippen LogP contribution in [0, 0.1) is 0 Å². The zero-order valence-electron chi connectivity index (χ0n) is 19.9. The molecule has 0 atom stereocenters. The second-order valence-corrected chi connectivity index (χ2v) is 9.19. The molecule has 1 saturated heterocycles. The van der Waals surface area contributed by atoms with Crippen LogP contribution in [-0.2, 0) is 17.8 Å². The van der Waals surface area contributed by atoms with E-state index < -0.39 is 0 Å². The summed E-state index contributed by atoms with van der Waals surface area (Å²) >= 11 is 6.11. The number of hydrogen-bond donors (Lipinski definition) is 0. The lowest BCUT2D eigenvalue weighted by atomic mass is 10.1. The molecule has 1 amide bonds. The SMILES string of the molecule is CCOc1ccc(CC(=O)N2CCN(Cc3c(-c4ccc(Cl)cc4)nc4ccccn34)CC2)cc1. The van der Waals surface area contributed by atoms with Crippen molar-refractivity contribution in [2.75, 3.05) is 32.8 Å². The van der Waals surface area contributed by atoms with Gasteiger partial charge in [-0.25, -0.2) is 4.98 Å². The molecule has 1 aliphatic heterocycles. The number of imidazole rings is 1. The lowest BCUT2D eigenvalue weighted by Crippen LogP contribution is -2.48. The molecule has 0 unspecified atom stereocenters. The van der Waals surface area contributed by atoms with Gasteiger partial charge in [-0.15, -0.1) is 0 Å². The molecule has 0 spiro atoms. The van der Waals surface area contributed by atoms with Crippen LogP contribution in [0.5, 0.6) is 5.75 Å². The number of carbonyl (C=O) groups is 1. The van der Waals surface area contributed by atoms with Crippen molar-refractivity contribution in [2.24, 2.45) is 0 Å². The van der Waals surface area contributed by atoms with Gasteiger partial charge in [0.25, 0.3) is 0 Å². The molecule has 7 heteroatoms. The molecular weight excluding hydrogens is 460 g/mol. The Balaban J connectivity index is 1.25. The maximum Gasteiger partial charge on any atom is 0.227 e. The number of halogens is 1. The van der Waals surface area contributed by atoms with Gasteiger partial charge < -0.3 is 14.0 Å². The quantitative estimate of drug-likeness (QED) is 0.369. The summed E-state index contributed by atoms with van der Waals surface area (Å²) in [7, 11) is 0. The van der Waals surface area contributed by atoms with E-state index in [1.165, 1.54) is 0 Å². The van der Waals surface area contributed by atoms with Gasteiger partial charge in [0.1, 0.15) is 11.4 Å². The molecule has 35 heavy (non-hydrogen) atoms. The van der Waals surface area contributed by atoms with Gasteiger partial charge in [0.2, 0.25) is 5.91 Å². The molecule has 0 aliphatic carbocycles. The molecule has 1 aliphatic rings. The Morgan fingerprint density at radius 2 is 1.71 bits per heavy atom. The summed E-state index contributed by atoms with van der Waals surface area (Å²) in [6.07, 6.45) is 2.48. The first-order valence-corrected chi connectivity index (χ1v) is 12.4. The number of aromatic nitrogens is 2. The lowest BCUT2D eigenvalue weighted by molar-refractivity contribution is -0.132. The van der Waals surface area contributed by atoms with E-state index in [-0.39, 0.29) is 5.91 Å². The van der Waals surface area contributed by atoms with Crippen LogP contribution in [-0.4, -0.2) is 57.9 Å². The third kappa shape index (κ3) is 5.34. The largest absolute Gasteiger partial charge is 0.494 e. The summed E-state index contributed by atoms with van der Waals surface area (Å²) in [5, 5.41) is 0.713. The van der Waals surface area contributed by atoms with E-state index in [9.17, 15) is 4.79 Å². The maximum atomic E-state index is 12.9. The number of pyridine rings is 1. The third-order valence-electron chi connectivity index (χ3n) is 6.43. The van der Waals surface area contributed by atoms with Gasteiger partial charge in [-0.05, 0) is 48.9 Å². The van der Waals surface area contributed by atoms with Crippen LogP contribution in [0.2, 0.25) is 5.02 Å². The normalized spacial score (nSPS) is 14.4. The van der Waals surface area contributed by atoms with Gasteiger partial charge in [-0.3, -0.25) is 9.69 Å². The Labute approximate surface area is 210 Å². The van der Waals surface area contributed by atoms with Gasteiger partial charge in [0, 0.05) is 49.5 Å². The van der Waals surface area contributed by atoms with Crippen molar-refractivity contribution in [3.8, 4) is 17.0 Å². The van der Waals surface area contributed by atoms with Crippen LogP contribution in [0.4, 0.5) is 0 Å². The number of rotatable bonds is 7. The summed E-state index contributed by atoms with van der Waals surface area (Å²) in [4.78, 5) is 22.2. The molecule has 1 fully saturated rings. The topological polar surface area (TPSA) is 50.1 Å². The molecule has 2 aromatic heterocycles. The van der Waals surface area contributed by atoms with E-state index >= 15 is 0 Å². The maximum absolute atomic E-state index is 12.9. The van der Waals surface area contributed by atoms with Crippen LogP contribution in [0.3, 0.4) is 0 Å². The number of nitrogens with zero attached hydrogens (tertiary/aromatic N) is 4. The van der Waals surface area contributed by atoms with Crippen molar-refractivity contribution < 1.29 is 9.53 Å². The second kappa shape index (κ2) is 10.5. The summed E-state index contributed by atoms with van der Waals surface area (Å²) in [6.45, 7) is 6.48. The highest BCUT2D eigenvalue weighted by atomic mass is 35.5. The monoisotopic (exact) mass is 488 g/mol. The van der Waals surface area contributed by atoms with E-state index in [0.717, 1.165) is 66.6 Å². The van der Waals surface area contributed by atoms with Crippen molar-refractivity contribution in [3.63, 3.8) is 0 Å². The number of fused-ring (bicyclic) bond motifs is 1. The average molecular weight is 489 g/mol. The highest BCUT2D eigenvalue weighted by Crippen LogP contribution is 2.27. The van der Waals surface area contributed by atoms with Crippen LogP contribution in [0.1, 0.15) is 18.2 Å². The van der Waals surface area contributed by atoms with E-state index in [4.69, 9.17) is 21.3 Å². The summed E-state index contributed by atoms with van der Waals surface area (Å²) < 4.78 is 7.65. The first-order chi connectivity index (χ1) is 17.1. The zero-order chi connectivity index (χ0) is 24.2. The summed E-state index contributed by atoms with van der Waals surface area (Å²) in [5.41, 5.74) is 5.12. The first kappa shape index (κ1) is 23.4. The lowest BCUT2D eigenvalue weighted by Gasteiger charge is -2.34. The molecule has 2 aromatic carbocycles. The van der Waals surface area contributed by atoms with Crippen molar-refractivity contribution in [2.45, 2.75) is 19.9 Å². The van der Waals surface area contributed by atoms with Gasteiger partial charge in [0.15, 0.2) is 0 Å². The predicted molar refractivity (Wildman–Crippen MR) is 139 cm³/mol. The molecule has 6 nitrogen and oxygen atoms in total. The Bertz CT molecular complexity index is 1290. The molecule has 0 N–H and O–H groups in total. The predicted octanol–water partition coefficient (Wildman–Crippen LogP) is 4.94.